The van der Waals surface area contributed by atoms with Crippen molar-refractivity contribution in [2.45, 2.75) is 44.4 Å². The van der Waals surface area contributed by atoms with E-state index in [0.717, 1.165) is 11.7 Å². The van der Waals surface area contributed by atoms with Gasteiger partial charge in [-0.1, -0.05) is 31.4 Å². The first-order chi connectivity index (χ1) is 9.70. The minimum absolute atomic E-state index is 0.712. The van der Waals surface area contributed by atoms with Gasteiger partial charge in [-0.15, -0.1) is 0 Å². The third-order valence-electron chi connectivity index (χ3n) is 4.65. The van der Waals surface area contributed by atoms with Gasteiger partial charge >= 0.3 is 0 Å². The monoisotopic (exact) mass is 275 g/mol. The van der Waals surface area contributed by atoms with Gasteiger partial charge < -0.3 is 9.64 Å². The van der Waals surface area contributed by atoms with Crippen LogP contribution in [0.1, 0.15) is 50.0 Å². The van der Waals surface area contributed by atoms with E-state index < -0.39 is 0 Å². The second-order valence-electron chi connectivity index (χ2n) is 6.37. The molecule has 0 saturated heterocycles. The van der Waals surface area contributed by atoms with Gasteiger partial charge in [0.2, 0.25) is 0 Å². The van der Waals surface area contributed by atoms with Gasteiger partial charge in [0, 0.05) is 0 Å². The number of benzene rings is 1. The van der Waals surface area contributed by atoms with Crippen molar-refractivity contribution < 1.29 is 4.74 Å². The van der Waals surface area contributed by atoms with Crippen molar-refractivity contribution in [2.75, 3.05) is 27.7 Å². The molecule has 0 N–H and O–H groups in total. The van der Waals surface area contributed by atoms with E-state index in [4.69, 9.17) is 4.74 Å². The van der Waals surface area contributed by atoms with Crippen LogP contribution < -0.4 is 4.74 Å². The Morgan fingerprint density at radius 3 is 2.30 bits per heavy atom. The van der Waals surface area contributed by atoms with Crippen LogP contribution in [0.15, 0.2) is 24.3 Å². The molecule has 1 atom stereocenters. The molecule has 1 aliphatic rings. The largest absolute Gasteiger partial charge is 0.497 e. The van der Waals surface area contributed by atoms with Crippen LogP contribution in [0.5, 0.6) is 5.75 Å². The average Bonchev–Trinajstić information content (AvgIpc) is 2.49. The lowest BCUT2D eigenvalue weighted by Gasteiger charge is -2.31. The third-order valence-corrected chi connectivity index (χ3v) is 4.65. The normalized spacial score (nSPS) is 18.2. The maximum absolute atomic E-state index is 5.28. The maximum Gasteiger partial charge on any atom is 0.118 e. The summed E-state index contributed by atoms with van der Waals surface area (Å²) in [6.07, 6.45) is 8.34. The van der Waals surface area contributed by atoms with Crippen LogP contribution in [0.2, 0.25) is 0 Å². The molecule has 1 fully saturated rings. The molecule has 1 aromatic rings. The van der Waals surface area contributed by atoms with Crippen molar-refractivity contribution in [1.29, 1.82) is 0 Å². The summed E-state index contributed by atoms with van der Waals surface area (Å²) in [5.41, 5.74) is 1.50. The summed E-state index contributed by atoms with van der Waals surface area (Å²) in [6, 6.07) is 8.77. The van der Waals surface area contributed by atoms with Crippen molar-refractivity contribution in [3.05, 3.63) is 29.8 Å². The van der Waals surface area contributed by atoms with Gasteiger partial charge in [0.15, 0.2) is 0 Å². The first-order valence-corrected chi connectivity index (χ1v) is 7.99. The van der Waals surface area contributed by atoms with E-state index >= 15 is 0 Å². The number of hydrogen-bond donors (Lipinski definition) is 0. The number of nitrogens with zero attached hydrogens (tertiary/aromatic N) is 1. The Kier molecular flexibility index (Phi) is 5.90. The van der Waals surface area contributed by atoms with Crippen LogP contribution in [0.4, 0.5) is 0 Å². The lowest BCUT2D eigenvalue weighted by Crippen LogP contribution is -2.22. The van der Waals surface area contributed by atoms with E-state index in [9.17, 15) is 0 Å². The number of hydrogen-bond acceptors (Lipinski definition) is 2. The Morgan fingerprint density at radius 2 is 1.75 bits per heavy atom. The van der Waals surface area contributed by atoms with Gasteiger partial charge in [0.1, 0.15) is 5.75 Å². The van der Waals surface area contributed by atoms with Crippen LogP contribution in [0, 0.1) is 5.92 Å². The summed E-state index contributed by atoms with van der Waals surface area (Å²) in [5.74, 6) is 2.55. The first kappa shape index (κ1) is 15.4. The molecule has 2 rings (SSSR count). The van der Waals surface area contributed by atoms with Gasteiger partial charge in [-0.05, 0) is 69.4 Å². The average molecular weight is 275 g/mol. The maximum atomic E-state index is 5.28. The highest BCUT2D eigenvalue weighted by atomic mass is 16.5. The van der Waals surface area contributed by atoms with Crippen molar-refractivity contribution in [3.63, 3.8) is 0 Å². The number of ether oxygens (including phenoxy) is 1. The zero-order chi connectivity index (χ0) is 14.4. The molecule has 0 heterocycles. The van der Waals surface area contributed by atoms with Crippen molar-refractivity contribution in [1.82, 2.24) is 4.90 Å². The van der Waals surface area contributed by atoms with Crippen LogP contribution in [0.25, 0.3) is 0 Å². The van der Waals surface area contributed by atoms with E-state index in [1.165, 1.54) is 50.6 Å². The molecule has 2 nitrogen and oxygen atoms in total. The number of rotatable bonds is 6. The summed E-state index contributed by atoms with van der Waals surface area (Å²) in [5, 5.41) is 0. The van der Waals surface area contributed by atoms with E-state index in [1.807, 2.05) is 0 Å². The fraction of sp³-hybridized carbons (Fsp3) is 0.667. The van der Waals surface area contributed by atoms with Crippen molar-refractivity contribution in [2.24, 2.45) is 5.92 Å². The molecule has 1 aliphatic carbocycles. The summed E-state index contributed by atoms with van der Waals surface area (Å²) in [7, 11) is 6.08. The van der Waals surface area contributed by atoms with Crippen molar-refractivity contribution in [3.8, 4) is 5.75 Å². The predicted octanol–water partition coefficient (Wildman–Crippen LogP) is 4.31. The predicted molar refractivity (Wildman–Crippen MR) is 85.5 cm³/mol. The van der Waals surface area contributed by atoms with E-state index in [1.54, 1.807) is 7.11 Å². The van der Waals surface area contributed by atoms with Gasteiger partial charge in [-0.25, -0.2) is 0 Å². The summed E-state index contributed by atoms with van der Waals surface area (Å²) in [6.45, 7) is 1.17. The molecule has 112 valence electrons. The van der Waals surface area contributed by atoms with Gasteiger partial charge in [0.25, 0.3) is 0 Å². The number of methoxy groups -OCH3 is 1. The molecular weight excluding hydrogens is 246 g/mol. The van der Waals surface area contributed by atoms with Gasteiger partial charge in [0.05, 0.1) is 7.11 Å². The molecule has 0 aromatic heterocycles. The third kappa shape index (κ3) is 4.24. The zero-order valence-electron chi connectivity index (χ0n) is 13.3. The SMILES string of the molecule is COc1ccc(C(CCN(C)C)C2CCCCC2)cc1. The zero-order valence-corrected chi connectivity index (χ0v) is 13.3. The van der Waals surface area contributed by atoms with Crippen molar-refractivity contribution >= 4 is 0 Å². The van der Waals surface area contributed by atoms with E-state index in [2.05, 4.69) is 43.3 Å². The minimum Gasteiger partial charge on any atom is -0.497 e. The van der Waals surface area contributed by atoms with E-state index in [-0.39, 0.29) is 0 Å². The fourth-order valence-electron chi connectivity index (χ4n) is 3.46. The lowest BCUT2D eigenvalue weighted by molar-refractivity contribution is 0.271. The molecule has 2 heteroatoms. The fourth-order valence-corrected chi connectivity index (χ4v) is 3.46. The molecule has 1 saturated carbocycles. The quantitative estimate of drug-likeness (QED) is 0.767. The molecule has 0 radical (unpaired) electrons. The molecule has 0 aliphatic heterocycles. The lowest BCUT2D eigenvalue weighted by atomic mass is 9.75. The highest BCUT2D eigenvalue weighted by Gasteiger charge is 2.24. The standard InChI is InChI=1S/C18H29NO/c1-19(2)14-13-18(15-7-5-4-6-8-15)16-9-11-17(20-3)12-10-16/h9-12,15,18H,4-8,13-14H2,1-3H3. The first-order valence-electron chi connectivity index (χ1n) is 7.99. The van der Waals surface area contributed by atoms with Gasteiger partial charge in [-0.3, -0.25) is 0 Å². The topological polar surface area (TPSA) is 12.5 Å². The Labute approximate surface area is 124 Å². The molecule has 0 spiro atoms. The minimum atomic E-state index is 0.712. The Hall–Kier alpha value is -1.02. The molecule has 1 aromatic carbocycles. The summed E-state index contributed by atoms with van der Waals surface area (Å²) < 4.78 is 5.28. The second-order valence-corrected chi connectivity index (χ2v) is 6.37. The Morgan fingerprint density at radius 1 is 1.10 bits per heavy atom. The van der Waals surface area contributed by atoms with Crippen LogP contribution >= 0.6 is 0 Å². The van der Waals surface area contributed by atoms with Crippen LogP contribution in [-0.4, -0.2) is 32.6 Å². The second kappa shape index (κ2) is 7.68. The van der Waals surface area contributed by atoms with E-state index in [0.29, 0.717) is 5.92 Å². The molecule has 1 unspecified atom stereocenters. The Balaban J connectivity index is 2.10. The Bertz CT molecular complexity index is 379. The highest BCUT2D eigenvalue weighted by Crippen LogP contribution is 2.38. The van der Waals surface area contributed by atoms with Crippen LogP contribution in [0.3, 0.4) is 0 Å². The summed E-state index contributed by atoms with van der Waals surface area (Å²) in [4.78, 5) is 2.30. The van der Waals surface area contributed by atoms with Gasteiger partial charge in [-0.2, -0.15) is 0 Å². The van der Waals surface area contributed by atoms with Crippen LogP contribution in [-0.2, 0) is 0 Å². The molecule has 20 heavy (non-hydrogen) atoms. The highest BCUT2D eigenvalue weighted by molar-refractivity contribution is 5.29. The molecule has 0 bridgehead atoms. The summed E-state index contributed by atoms with van der Waals surface area (Å²) >= 11 is 0. The smallest absolute Gasteiger partial charge is 0.118 e. The molecule has 0 amide bonds. The molecular formula is C18H29NO.